The van der Waals surface area contributed by atoms with E-state index in [4.69, 9.17) is 14.2 Å². The van der Waals surface area contributed by atoms with Crippen molar-refractivity contribution in [3.63, 3.8) is 0 Å². The highest BCUT2D eigenvalue weighted by atomic mass is 16.5. The van der Waals surface area contributed by atoms with E-state index >= 15 is 0 Å². The van der Waals surface area contributed by atoms with Crippen LogP contribution in [0.3, 0.4) is 0 Å². The zero-order valence-electron chi connectivity index (χ0n) is 13.9. The van der Waals surface area contributed by atoms with Gasteiger partial charge in [0.1, 0.15) is 0 Å². The molecule has 0 aliphatic carbocycles. The van der Waals surface area contributed by atoms with Crippen molar-refractivity contribution in [2.75, 3.05) is 19.8 Å². The third kappa shape index (κ3) is 7.90. The fraction of sp³-hybridized carbons (Fsp3) is 0.350. The van der Waals surface area contributed by atoms with Crippen molar-refractivity contribution in [2.24, 2.45) is 0 Å². The highest BCUT2D eigenvalue weighted by Crippen LogP contribution is 2.02. The molecule has 0 N–H and O–H groups in total. The number of esters is 1. The molecule has 0 heterocycles. The van der Waals surface area contributed by atoms with Crippen LogP contribution < -0.4 is 0 Å². The van der Waals surface area contributed by atoms with E-state index in [0.29, 0.717) is 39.5 Å². The summed E-state index contributed by atoms with van der Waals surface area (Å²) in [4.78, 5) is 11.6. The Morgan fingerprint density at radius 2 is 1.25 bits per heavy atom. The number of carbonyl (C=O) groups excluding carboxylic acids is 1. The molecule has 4 heteroatoms. The molecule has 0 aliphatic rings. The van der Waals surface area contributed by atoms with Gasteiger partial charge in [-0.25, -0.2) is 0 Å². The molecule has 4 nitrogen and oxygen atoms in total. The largest absolute Gasteiger partial charge is 0.466 e. The molecule has 0 fully saturated rings. The molecule has 0 atom stereocenters. The van der Waals surface area contributed by atoms with Crippen LogP contribution in [-0.4, -0.2) is 25.8 Å². The minimum Gasteiger partial charge on any atom is -0.466 e. The van der Waals surface area contributed by atoms with E-state index in [0.717, 1.165) is 11.1 Å². The molecule has 0 amide bonds. The summed E-state index contributed by atoms with van der Waals surface area (Å²) in [5, 5.41) is 0. The van der Waals surface area contributed by atoms with Gasteiger partial charge in [0.15, 0.2) is 0 Å². The molecule has 128 valence electrons. The summed E-state index contributed by atoms with van der Waals surface area (Å²) < 4.78 is 16.1. The summed E-state index contributed by atoms with van der Waals surface area (Å²) in [5.74, 6) is -0.230. The van der Waals surface area contributed by atoms with Crippen LogP contribution in [0, 0.1) is 0 Å². The Morgan fingerprint density at radius 1 is 0.708 bits per heavy atom. The third-order valence-corrected chi connectivity index (χ3v) is 3.37. The predicted octanol–water partition coefficient (Wildman–Crippen LogP) is 3.74. The van der Waals surface area contributed by atoms with Gasteiger partial charge in [0, 0.05) is 6.42 Å². The second kappa shape index (κ2) is 11.4. The summed E-state index contributed by atoms with van der Waals surface area (Å²) >= 11 is 0. The van der Waals surface area contributed by atoms with Crippen molar-refractivity contribution in [3.05, 3.63) is 71.8 Å². The molecule has 0 spiro atoms. The monoisotopic (exact) mass is 328 g/mol. The van der Waals surface area contributed by atoms with Gasteiger partial charge >= 0.3 is 5.97 Å². The average Bonchev–Trinajstić information content (AvgIpc) is 2.63. The summed E-state index contributed by atoms with van der Waals surface area (Å²) in [5.41, 5.74) is 2.24. The molecule has 0 saturated heterocycles. The lowest BCUT2D eigenvalue weighted by molar-refractivity contribution is -0.145. The van der Waals surface area contributed by atoms with Crippen molar-refractivity contribution in [1.29, 1.82) is 0 Å². The Labute approximate surface area is 143 Å². The Hall–Kier alpha value is -2.17. The number of hydrogen-bond donors (Lipinski definition) is 0. The maximum atomic E-state index is 11.6. The van der Waals surface area contributed by atoms with E-state index in [9.17, 15) is 4.79 Å². The molecular formula is C20H24O4. The van der Waals surface area contributed by atoms with Gasteiger partial charge in [0.25, 0.3) is 0 Å². The summed E-state index contributed by atoms with van der Waals surface area (Å²) in [7, 11) is 0. The Morgan fingerprint density at radius 3 is 1.83 bits per heavy atom. The minimum atomic E-state index is -0.230. The number of ether oxygens (including phenoxy) is 3. The van der Waals surface area contributed by atoms with Crippen LogP contribution in [-0.2, 0) is 32.2 Å². The van der Waals surface area contributed by atoms with Gasteiger partial charge in [-0.2, -0.15) is 0 Å². The molecule has 0 aromatic heterocycles. The van der Waals surface area contributed by atoms with E-state index < -0.39 is 0 Å². The van der Waals surface area contributed by atoms with Crippen LogP contribution in [0.25, 0.3) is 0 Å². The standard InChI is InChI=1S/C20H24O4/c21-20(12-15-23-17-19-10-5-2-6-11-19)24-14-7-13-22-16-18-8-3-1-4-9-18/h1-6,8-11H,7,12-17H2. The quantitative estimate of drug-likeness (QED) is 0.465. The Bertz CT molecular complexity index is 569. The van der Waals surface area contributed by atoms with Crippen LogP contribution >= 0.6 is 0 Å². The van der Waals surface area contributed by atoms with Crippen molar-refractivity contribution < 1.29 is 19.0 Å². The van der Waals surface area contributed by atoms with Gasteiger partial charge in [0.2, 0.25) is 0 Å². The summed E-state index contributed by atoms with van der Waals surface area (Å²) in [6.07, 6.45) is 0.973. The molecule has 0 bridgehead atoms. The van der Waals surface area contributed by atoms with Gasteiger partial charge in [-0.1, -0.05) is 60.7 Å². The van der Waals surface area contributed by atoms with Crippen LogP contribution in [0.15, 0.2) is 60.7 Å². The molecular weight excluding hydrogens is 304 g/mol. The first-order valence-electron chi connectivity index (χ1n) is 8.23. The van der Waals surface area contributed by atoms with Crippen molar-refractivity contribution in [2.45, 2.75) is 26.1 Å². The fourth-order valence-electron chi connectivity index (χ4n) is 2.10. The second-order valence-electron chi connectivity index (χ2n) is 5.40. The van der Waals surface area contributed by atoms with E-state index in [2.05, 4.69) is 0 Å². The van der Waals surface area contributed by atoms with Crippen molar-refractivity contribution in [3.8, 4) is 0 Å². The predicted molar refractivity (Wildman–Crippen MR) is 92.4 cm³/mol. The van der Waals surface area contributed by atoms with Crippen LogP contribution in [0.2, 0.25) is 0 Å². The van der Waals surface area contributed by atoms with Crippen LogP contribution in [0.4, 0.5) is 0 Å². The first kappa shape index (κ1) is 18.2. The number of hydrogen-bond acceptors (Lipinski definition) is 4. The highest BCUT2D eigenvalue weighted by Gasteiger charge is 2.03. The molecule has 24 heavy (non-hydrogen) atoms. The SMILES string of the molecule is O=C(CCOCc1ccccc1)OCCCOCc1ccccc1. The Kier molecular flexibility index (Phi) is 8.62. The minimum absolute atomic E-state index is 0.230. The van der Waals surface area contributed by atoms with Crippen molar-refractivity contribution in [1.82, 2.24) is 0 Å². The summed E-state index contributed by atoms with van der Waals surface area (Å²) in [6, 6.07) is 19.9. The van der Waals surface area contributed by atoms with Gasteiger partial charge in [-0.05, 0) is 11.1 Å². The van der Waals surface area contributed by atoms with Gasteiger partial charge in [-0.15, -0.1) is 0 Å². The van der Waals surface area contributed by atoms with E-state index in [1.807, 2.05) is 60.7 Å². The van der Waals surface area contributed by atoms with Gasteiger partial charge in [-0.3, -0.25) is 4.79 Å². The fourth-order valence-corrected chi connectivity index (χ4v) is 2.10. The van der Waals surface area contributed by atoms with Crippen LogP contribution in [0.1, 0.15) is 24.0 Å². The Balaban J connectivity index is 1.42. The maximum absolute atomic E-state index is 11.6. The van der Waals surface area contributed by atoms with Crippen LogP contribution in [0.5, 0.6) is 0 Å². The zero-order valence-corrected chi connectivity index (χ0v) is 13.9. The second-order valence-corrected chi connectivity index (χ2v) is 5.40. The lowest BCUT2D eigenvalue weighted by Crippen LogP contribution is -2.10. The molecule has 0 saturated carbocycles. The lowest BCUT2D eigenvalue weighted by atomic mass is 10.2. The molecule has 2 aromatic rings. The number of rotatable bonds is 11. The molecule has 2 rings (SSSR count). The topological polar surface area (TPSA) is 44.8 Å². The smallest absolute Gasteiger partial charge is 0.308 e. The van der Waals surface area contributed by atoms with Gasteiger partial charge < -0.3 is 14.2 Å². The third-order valence-electron chi connectivity index (χ3n) is 3.37. The zero-order chi connectivity index (χ0) is 16.9. The number of benzene rings is 2. The van der Waals surface area contributed by atoms with E-state index in [1.54, 1.807) is 0 Å². The molecule has 0 radical (unpaired) electrons. The number of carbonyl (C=O) groups is 1. The van der Waals surface area contributed by atoms with Crippen molar-refractivity contribution >= 4 is 5.97 Å². The first-order chi connectivity index (χ1) is 11.8. The van der Waals surface area contributed by atoms with E-state index in [-0.39, 0.29) is 12.4 Å². The van der Waals surface area contributed by atoms with E-state index in [1.165, 1.54) is 0 Å². The first-order valence-corrected chi connectivity index (χ1v) is 8.23. The maximum Gasteiger partial charge on any atom is 0.308 e. The molecule has 0 unspecified atom stereocenters. The normalized spacial score (nSPS) is 10.5. The molecule has 2 aromatic carbocycles. The molecule has 0 aliphatic heterocycles. The lowest BCUT2D eigenvalue weighted by Gasteiger charge is -2.07. The highest BCUT2D eigenvalue weighted by molar-refractivity contribution is 5.69. The van der Waals surface area contributed by atoms with Gasteiger partial charge in [0.05, 0.1) is 39.5 Å². The summed E-state index contributed by atoms with van der Waals surface area (Å²) in [6.45, 7) is 2.43. The average molecular weight is 328 g/mol.